The molecule has 0 saturated carbocycles. The van der Waals surface area contributed by atoms with Gasteiger partial charge >= 0.3 is 0 Å². The van der Waals surface area contributed by atoms with Gasteiger partial charge in [-0.1, -0.05) is 6.92 Å². The van der Waals surface area contributed by atoms with E-state index in [0.717, 1.165) is 0 Å². The van der Waals surface area contributed by atoms with Gasteiger partial charge in [-0.2, -0.15) is 0 Å². The summed E-state index contributed by atoms with van der Waals surface area (Å²) in [5.74, 6) is 0.174. The zero-order valence-electron chi connectivity index (χ0n) is 13.0. The van der Waals surface area contributed by atoms with E-state index in [1.807, 2.05) is 6.92 Å². The minimum absolute atomic E-state index is 0.0671. The van der Waals surface area contributed by atoms with Crippen LogP contribution in [0.5, 0.6) is 0 Å². The van der Waals surface area contributed by atoms with Crippen LogP contribution in [0.3, 0.4) is 0 Å². The van der Waals surface area contributed by atoms with Gasteiger partial charge in [-0.05, 0) is 13.3 Å². The van der Waals surface area contributed by atoms with E-state index in [1.165, 1.54) is 9.58 Å². The van der Waals surface area contributed by atoms with Crippen molar-refractivity contribution in [1.82, 2.24) is 14.3 Å². The Bertz CT molecular complexity index is 507. The van der Waals surface area contributed by atoms with Gasteiger partial charge in [0.1, 0.15) is 0 Å². The summed E-state index contributed by atoms with van der Waals surface area (Å²) in [5.41, 5.74) is 0.465. The molecule has 5 heteroatoms. The van der Waals surface area contributed by atoms with E-state index < -0.39 is 0 Å². The van der Waals surface area contributed by atoms with Crippen LogP contribution in [0.2, 0.25) is 0 Å². The first kappa shape index (κ1) is 10.6. The minimum Gasteiger partial charge on any atom is -0.346 e. The largest absolute Gasteiger partial charge is 0.346 e. The van der Waals surface area contributed by atoms with Crippen LogP contribution >= 0.6 is 0 Å². The molecule has 1 aliphatic heterocycles. The van der Waals surface area contributed by atoms with Gasteiger partial charge in [-0.3, -0.25) is 19.0 Å². The molecule has 2 unspecified atom stereocenters. The number of nitrogens with zero attached hydrogens (tertiary/aromatic N) is 3. The molecule has 17 heavy (non-hydrogen) atoms. The summed E-state index contributed by atoms with van der Waals surface area (Å²) in [4.78, 5) is 23.4. The average molecular weight is 241 g/mol. The molecular formula is C12H21N3O2. The first-order chi connectivity index (χ1) is 8.68. The van der Waals surface area contributed by atoms with Crippen LogP contribution in [0, 0.1) is 12.8 Å². The molecule has 96 valence electrons. The quantitative estimate of drug-likeness (QED) is 0.664. The first-order valence-electron chi connectivity index (χ1n) is 6.64. The highest BCUT2D eigenvalue weighted by atomic mass is 16.2. The maximum Gasteiger partial charge on any atom is 0.266 e. The lowest BCUT2D eigenvalue weighted by Gasteiger charge is -2.05. The summed E-state index contributed by atoms with van der Waals surface area (Å²) in [7, 11) is 5.09. The van der Waals surface area contributed by atoms with E-state index in [0.29, 0.717) is 12.1 Å². The Labute approximate surface area is 104 Å². The number of aromatic nitrogens is 2. The Morgan fingerprint density at radius 3 is 2.06 bits per heavy atom. The third-order valence-corrected chi connectivity index (χ3v) is 3.02. The van der Waals surface area contributed by atoms with Gasteiger partial charge in [0, 0.05) is 46.7 Å². The van der Waals surface area contributed by atoms with Crippen molar-refractivity contribution in [2.75, 3.05) is 13.6 Å². The number of hydrogen-bond donors (Lipinski definition) is 0. The van der Waals surface area contributed by atoms with Gasteiger partial charge < -0.3 is 4.90 Å². The van der Waals surface area contributed by atoms with E-state index in [-0.39, 0.29) is 29.9 Å². The summed E-state index contributed by atoms with van der Waals surface area (Å²) in [6.45, 7) is 3.32. The second-order valence-corrected chi connectivity index (χ2v) is 4.33. The predicted octanol–water partition coefficient (Wildman–Crippen LogP) is 0.517. The van der Waals surface area contributed by atoms with E-state index in [4.69, 9.17) is 2.74 Å². The lowest BCUT2D eigenvalue weighted by atomic mass is 10.1. The molecule has 1 saturated heterocycles. The molecule has 1 aromatic rings. The van der Waals surface area contributed by atoms with E-state index in [9.17, 15) is 9.59 Å². The van der Waals surface area contributed by atoms with Crippen molar-refractivity contribution in [3.63, 3.8) is 0 Å². The smallest absolute Gasteiger partial charge is 0.266 e. The zero-order chi connectivity index (χ0) is 14.9. The first-order valence-corrected chi connectivity index (χ1v) is 5.56. The van der Waals surface area contributed by atoms with Crippen molar-refractivity contribution >= 4 is 5.91 Å². The fraction of sp³-hybridized carbons (Fsp3) is 0.667. The molecular weight excluding hydrogens is 218 g/mol. The third-order valence-electron chi connectivity index (χ3n) is 3.02. The summed E-state index contributed by atoms with van der Waals surface area (Å²) in [6, 6.07) is 0.0880. The summed E-state index contributed by atoms with van der Waals surface area (Å²) in [6.07, 6.45) is 0.690. The maximum atomic E-state index is 11.0. The van der Waals surface area contributed by atoms with Crippen molar-refractivity contribution in [2.24, 2.45) is 20.0 Å². The van der Waals surface area contributed by atoms with Gasteiger partial charge in [-0.25, -0.2) is 0 Å². The minimum atomic E-state index is -0.299. The van der Waals surface area contributed by atoms with Crippen molar-refractivity contribution in [3.05, 3.63) is 22.1 Å². The Hall–Kier alpha value is -1.52. The molecule has 2 heterocycles. The molecule has 1 aliphatic rings. The monoisotopic (exact) mass is 241 g/mol. The SMILES string of the molecule is [2H]C1CC(C)C(=O)N1C.[2H]c1c(C)n(C)n(C)c1=O. The van der Waals surface area contributed by atoms with Crippen LogP contribution < -0.4 is 5.56 Å². The summed E-state index contributed by atoms with van der Waals surface area (Å²) < 4.78 is 17.6. The molecule has 5 nitrogen and oxygen atoms in total. The number of carbonyl (C=O) groups excluding carboxylic acids is 1. The Balaban J connectivity index is 0.000000191. The standard InChI is InChI=1S/C6H10N2O.C6H11NO/c1-5-4-6(9)8(3)7(5)2;1-5-3-4-7(2)6(5)8/h4H,1-3H3;5H,3-4H2,1-2H3/i2*4D. The second kappa shape index (κ2) is 5.21. The van der Waals surface area contributed by atoms with Crippen LogP contribution in [0.15, 0.2) is 10.8 Å². The van der Waals surface area contributed by atoms with Crippen LogP contribution in [0.1, 0.15) is 21.8 Å². The van der Waals surface area contributed by atoms with E-state index >= 15 is 0 Å². The molecule has 2 atom stereocenters. The van der Waals surface area contributed by atoms with E-state index in [2.05, 4.69) is 0 Å². The molecule has 0 radical (unpaired) electrons. The van der Waals surface area contributed by atoms with Gasteiger partial charge in [0.25, 0.3) is 5.56 Å². The van der Waals surface area contributed by atoms with Crippen molar-refractivity contribution in [2.45, 2.75) is 20.3 Å². The Morgan fingerprint density at radius 2 is 1.94 bits per heavy atom. The average Bonchev–Trinajstić information content (AvgIpc) is 2.69. The molecule has 0 aromatic carbocycles. The second-order valence-electron chi connectivity index (χ2n) is 4.33. The van der Waals surface area contributed by atoms with Gasteiger partial charge in [0.05, 0.1) is 1.37 Å². The predicted molar refractivity (Wildman–Crippen MR) is 66.8 cm³/mol. The zero-order valence-corrected chi connectivity index (χ0v) is 11.0. The number of rotatable bonds is 0. The highest BCUT2D eigenvalue weighted by Gasteiger charge is 2.23. The van der Waals surface area contributed by atoms with Gasteiger partial charge in [0.15, 0.2) is 0 Å². The van der Waals surface area contributed by atoms with Crippen LogP contribution in [-0.4, -0.2) is 33.7 Å². The molecule has 2 rings (SSSR count). The molecule has 0 N–H and O–H groups in total. The van der Waals surface area contributed by atoms with Crippen LogP contribution in [-0.2, 0) is 18.9 Å². The maximum absolute atomic E-state index is 11.0. The van der Waals surface area contributed by atoms with Gasteiger partial charge in [0.2, 0.25) is 5.91 Å². The fourth-order valence-electron chi connectivity index (χ4n) is 1.53. The fourth-order valence-corrected chi connectivity index (χ4v) is 1.53. The molecule has 0 spiro atoms. The van der Waals surface area contributed by atoms with E-state index in [1.54, 1.807) is 32.7 Å². The van der Waals surface area contributed by atoms with Crippen LogP contribution in [0.4, 0.5) is 0 Å². The molecule has 0 bridgehead atoms. The lowest BCUT2D eigenvalue weighted by molar-refractivity contribution is -0.129. The third kappa shape index (κ3) is 2.99. The van der Waals surface area contributed by atoms with Crippen molar-refractivity contribution in [3.8, 4) is 0 Å². The number of carbonyl (C=O) groups is 1. The lowest BCUT2D eigenvalue weighted by Crippen LogP contribution is -2.21. The molecule has 1 fully saturated rings. The Kier molecular flexibility index (Phi) is 3.25. The molecule has 1 amide bonds. The summed E-state index contributed by atoms with van der Waals surface area (Å²) >= 11 is 0. The number of amides is 1. The number of likely N-dealkylation sites (tertiary alicyclic amines) is 1. The van der Waals surface area contributed by atoms with Crippen LogP contribution in [0.25, 0.3) is 0 Å². The highest BCUT2D eigenvalue weighted by Crippen LogP contribution is 2.13. The molecule has 1 aromatic heterocycles. The van der Waals surface area contributed by atoms with Crippen molar-refractivity contribution < 1.29 is 7.54 Å². The topological polar surface area (TPSA) is 47.2 Å². The number of hydrogen-bond acceptors (Lipinski definition) is 2. The summed E-state index contributed by atoms with van der Waals surface area (Å²) in [5, 5.41) is 0. The highest BCUT2D eigenvalue weighted by molar-refractivity contribution is 5.80. The normalized spacial score (nSPS) is 25.2. The Morgan fingerprint density at radius 1 is 1.35 bits per heavy atom. The van der Waals surface area contributed by atoms with Crippen molar-refractivity contribution in [1.29, 1.82) is 0 Å². The molecule has 0 aliphatic carbocycles. The van der Waals surface area contributed by atoms with Gasteiger partial charge in [-0.15, -0.1) is 0 Å².